The van der Waals surface area contributed by atoms with Crippen molar-refractivity contribution in [1.82, 2.24) is 9.55 Å². The summed E-state index contributed by atoms with van der Waals surface area (Å²) in [4.78, 5) is 9.17. The molecule has 0 radical (unpaired) electrons. The van der Waals surface area contributed by atoms with Crippen LogP contribution in [0.2, 0.25) is 18.1 Å². The van der Waals surface area contributed by atoms with Gasteiger partial charge in [-0.15, -0.1) is 41.5 Å². The number of hydrogen-bond acceptors (Lipinski definition) is 4. The Kier molecular flexibility index (Phi) is 6.83. The van der Waals surface area contributed by atoms with Gasteiger partial charge in [0.2, 0.25) is 0 Å². The number of anilines is 2. The average Bonchev–Trinajstić information content (AvgIpc) is 3.62. The predicted molar refractivity (Wildman–Crippen MR) is 178 cm³/mol. The first kappa shape index (κ1) is 28.6. The van der Waals surface area contributed by atoms with Crippen LogP contribution in [-0.4, -0.2) is 17.6 Å². The molecule has 0 fully saturated rings. The average molecular weight is 771 g/mol. The predicted octanol–water partition coefficient (Wildman–Crippen LogP) is 8.57. The number of hydrogen-bond donors (Lipinski definition) is 0. The molecule has 2 aliphatic rings. The summed E-state index contributed by atoms with van der Waals surface area (Å²) in [6.07, 6.45) is 4.11. The van der Waals surface area contributed by atoms with Crippen molar-refractivity contribution in [1.29, 1.82) is 0 Å². The Balaban J connectivity index is 0.00000312. The molecule has 0 spiro atoms. The van der Waals surface area contributed by atoms with Gasteiger partial charge in [0.05, 0.1) is 0 Å². The van der Waals surface area contributed by atoms with Crippen LogP contribution >= 0.6 is 0 Å². The number of benzene rings is 4. The molecule has 0 N–H and O–H groups in total. The molecule has 4 aromatic carbocycles. The van der Waals surface area contributed by atoms with E-state index >= 15 is 0 Å². The van der Waals surface area contributed by atoms with Gasteiger partial charge in [0, 0.05) is 63.7 Å². The van der Waals surface area contributed by atoms with Crippen LogP contribution in [0, 0.1) is 18.8 Å². The summed E-state index contributed by atoms with van der Waals surface area (Å²) in [6.45, 7) is 11.9. The molecule has 4 heterocycles. The van der Waals surface area contributed by atoms with Crippen molar-refractivity contribution in [3.8, 4) is 17.3 Å². The van der Waals surface area contributed by atoms with Gasteiger partial charge < -0.3 is 19.1 Å². The fraction of sp³-hybridized carbons (Fsp3) is 0.135. The largest absolute Gasteiger partial charge is 0.509 e. The molecule has 0 saturated heterocycles. The molecule has 0 atom stereocenters. The number of allylic oxidation sites excluding steroid dienone is 1. The molecular weight excluding hydrogens is 740 g/mol. The van der Waals surface area contributed by atoms with Crippen molar-refractivity contribution in [3.05, 3.63) is 134 Å². The van der Waals surface area contributed by atoms with Crippen LogP contribution in [0.5, 0.6) is 11.5 Å². The summed E-state index contributed by atoms with van der Waals surface area (Å²) >= 11 is 0. The van der Waals surface area contributed by atoms with Gasteiger partial charge in [-0.1, -0.05) is 80.6 Å². The van der Waals surface area contributed by atoms with Gasteiger partial charge >= 0.3 is 0 Å². The summed E-state index contributed by atoms with van der Waals surface area (Å²) in [7, 11) is -1.93. The van der Waals surface area contributed by atoms with Crippen LogP contribution in [0.1, 0.15) is 13.8 Å². The number of fused-ring (bicyclic) bond motifs is 6. The van der Waals surface area contributed by atoms with Gasteiger partial charge in [-0.05, 0) is 47.0 Å². The van der Waals surface area contributed by atoms with Crippen molar-refractivity contribution in [2.45, 2.75) is 32.0 Å². The molecule has 44 heavy (non-hydrogen) atoms. The monoisotopic (exact) mass is 770 g/mol. The molecule has 7 heteroatoms. The van der Waals surface area contributed by atoms with Crippen molar-refractivity contribution < 1.29 is 25.8 Å². The van der Waals surface area contributed by atoms with Crippen molar-refractivity contribution in [2.24, 2.45) is 0 Å². The molecule has 0 unspecified atom stereocenters. The summed E-state index contributed by atoms with van der Waals surface area (Å²) in [5.41, 5.74) is 5.53. The Labute approximate surface area is 273 Å². The Morgan fingerprint density at radius 3 is 2.32 bits per heavy atom. The van der Waals surface area contributed by atoms with E-state index < -0.39 is 8.07 Å². The maximum atomic E-state index is 6.52. The van der Waals surface area contributed by atoms with Crippen molar-refractivity contribution in [3.63, 3.8) is 0 Å². The maximum absolute atomic E-state index is 6.52. The smallest absolute Gasteiger partial charge is 0.135 e. The van der Waals surface area contributed by atoms with Crippen LogP contribution in [0.25, 0.3) is 27.6 Å². The topological polar surface area (TPSA) is 33.5 Å². The molecule has 5 nitrogen and oxygen atoms in total. The van der Waals surface area contributed by atoms with E-state index in [-0.39, 0.29) is 26.1 Å². The molecular formula is C37H31N4OPtSi-3. The second-order valence-corrected chi connectivity index (χ2v) is 17.3. The van der Waals surface area contributed by atoms with E-state index in [0.29, 0.717) is 11.5 Å². The number of rotatable bonds is 4. The van der Waals surface area contributed by atoms with Gasteiger partial charge in [0.15, 0.2) is 0 Å². The van der Waals surface area contributed by atoms with E-state index in [4.69, 9.17) is 4.74 Å². The number of aromatic nitrogens is 2. The van der Waals surface area contributed by atoms with Crippen LogP contribution < -0.4 is 19.7 Å². The van der Waals surface area contributed by atoms with E-state index in [1.165, 1.54) is 10.9 Å². The number of pyridine rings is 1. The van der Waals surface area contributed by atoms with Gasteiger partial charge in [0.25, 0.3) is 0 Å². The molecule has 2 aromatic heterocycles. The minimum atomic E-state index is -1.93. The van der Waals surface area contributed by atoms with Crippen LogP contribution in [0.3, 0.4) is 0 Å². The zero-order chi connectivity index (χ0) is 29.3. The third-order valence-corrected chi connectivity index (χ3v) is 14.6. The molecule has 222 valence electrons. The molecule has 2 aliphatic heterocycles. The van der Waals surface area contributed by atoms with Gasteiger partial charge in [-0.3, -0.25) is 0 Å². The fourth-order valence-corrected chi connectivity index (χ4v) is 9.22. The van der Waals surface area contributed by atoms with Gasteiger partial charge in [-0.2, -0.15) is 12.1 Å². The minimum Gasteiger partial charge on any atom is -0.509 e. The molecule has 0 amide bonds. The third-order valence-electron chi connectivity index (χ3n) is 9.49. The van der Waals surface area contributed by atoms with Gasteiger partial charge in [-0.25, -0.2) is 4.98 Å². The van der Waals surface area contributed by atoms with E-state index in [2.05, 4.69) is 144 Å². The Hall–Kier alpha value is -4.12. The van der Waals surface area contributed by atoms with Gasteiger partial charge in [0.1, 0.15) is 5.82 Å². The summed E-state index contributed by atoms with van der Waals surface area (Å²) in [5.74, 6) is 2.16. The molecule has 0 aliphatic carbocycles. The summed E-state index contributed by atoms with van der Waals surface area (Å²) in [6, 6.07) is 40.5. The number of nitrogens with zero attached hydrogens (tertiary/aromatic N) is 4. The molecule has 0 saturated carbocycles. The Bertz CT molecular complexity index is 2050. The fourth-order valence-electron chi connectivity index (χ4n) is 6.45. The van der Waals surface area contributed by atoms with Crippen molar-refractivity contribution >= 4 is 46.4 Å². The normalized spacial score (nSPS) is 16.3. The van der Waals surface area contributed by atoms with Crippen molar-refractivity contribution in [2.75, 3.05) is 9.80 Å². The summed E-state index contributed by atoms with van der Waals surface area (Å²) in [5, 5.41) is 3.67. The van der Waals surface area contributed by atoms with Crippen LogP contribution in [0.15, 0.2) is 115 Å². The maximum Gasteiger partial charge on any atom is 0.135 e. The first-order valence-electron chi connectivity index (χ1n) is 14.6. The van der Waals surface area contributed by atoms with E-state index in [0.717, 1.165) is 39.0 Å². The van der Waals surface area contributed by atoms with E-state index in [1.807, 2.05) is 30.5 Å². The van der Waals surface area contributed by atoms with E-state index in [9.17, 15) is 0 Å². The molecule has 8 rings (SSSR count). The second-order valence-electron chi connectivity index (χ2n) is 12.3. The Morgan fingerprint density at radius 2 is 1.52 bits per heavy atom. The Morgan fingerprint density at radius 1 is 0.795 bits per heavy atom. The minimum absolute atomic E-state index is 0. The second kappa shape index (κ2) is 10.5. The van der Waals surface area contributed by atoms with Crippen LogP contribution in [-0.2, 0) is 21.1 Å². The van der Waals surface area contributed by atoms with Crippen LogP contribution in [0.4, 0.5) is 11.4 Å². The SMILES string of the molecule is CC1(C)C2=CN(c3ccccc3)[CH-]N2c2[c-]c(Oc3[c-]c4c(cc3)c3ccccc3n4-c3ccccn3)ccc2[Si]1(C)C.[Pt]. The number of ether oxygens (including phenoxy) is 1. The first-order valence-corrected chi connectivity index (χ1v) is 17.6. The quantitative estimate of drug-likeness (QED) is 0.133. The number of para-hydroxylation sites is 2. The molecule has 0 bridgehead atoms. The zero-order valence-electron chi connectivity index (χ0n) is 25.0. The van der Waals surface area contributed by atoms with E-state index in [1.54, 1.807) is 0 Å². The first-order chi connectivity index (χ1) is 20.8. The summed E-state index contributed by atoms with van der Waals surface area (Å²) < 4.78 is 8.67. The standard InChI is InChI=1S/C37H31N4OSi.Pt/c1-37(2)35-24-39(26-12-6-5-7-13-26)25-40(35)33-23-28(18-20-34(33)43(37,3)4)42-27-17-19-30-29-14-8-9-15-31(29)41(32(30)22-27)36-16-10-11-21-38-36;/h5-21,24-25H,1-4H3;/q-3;. The zero-order valence-corrected chi connectivity index (χ0v) is 28.3. The third kappa shape index (κ3) is 4.27. The molecule has 6 aromatic rings.